The predicted molar refractivity (Wildman–Crippen MR) is 217 cm³/mol. The molecule has 4 aliphatic carbocycles. The molecule has 2 aromatic heterocycles. The Bertz CT molecular complexity index is 3560. The van der Waals surface area contributed by atoms with Crippen LogP contribution in [0.2, 0.25) is 0 Å². The minimum absolute atomic E-state index is 0.115. The number of allylic oxidation sites excluding steroid dienone is 4. The summed E-state index contributed by atoms with van der Waals surface area (Å²) >= 11 is -0.840. The molecule has 2 fully saturated rings. The molecule has 4 aliphatic rings. The minimum atomic E-state index is -4.56. The molecule has 6 atom stereocenters. The van der Waals surface area contributed by atoms with Gasteiger partial charge in [0.2, 0.25) is 0 Å². The molecule has 260 valence electrons. The van der Waals surface area contributed by atoms with Crippen LogP contribution in [0.4, 0.5) is 0 Å². The molecule has 2 heterocycles. The van der Waals surface area contributed by atoms with Crippen molar-refractivity contribution in [1.29, 1.82) is 0 Å². The molecule has 6 unspecified atom stereocenters. The third-order valence-corrected chi connectivity index (χ3v) is 12.9. The van der Waals surface area contributed by atoms with Crippen molar-refractivity contribution in [3.63, 3.8) is 0 Å². The van der Waals surface area contributed by atoms with Crippen LogP contribution in [-0.4, -0.2) is 29.9 Å². The summed E-state index contributed by atoms with van der Waals surface area (Å²) in [6.07, 6.45) is -40.0. The van der Waals surface area contributed by atoms with E-state index in [9.17, 15) is 27.4 Å². The molecular formula is C48H47N3Se. The Morgan fingerprint density at radius 2 is 1.69 bits per heavy atom. The van der Waals surface area contributed by atoms with Crippen LogP contribution < -0.4 is 0 Å². The first-order chi connectivity index (χ1) is 34.9. The molecule has 0 aliphatic heterocycles. The molecule has 2 saturated carbocycles. The van der Waals surface area contributed by atoms with Gasteiger partial charge in [-0.05, 0) is 0 Å². The summed E-state index contributed by atoms with van der Waals surface area (Å²) in [6.45, 7) is 3.47. The Morgan fingerprint density at radius 3 is 2.60 bits per heavy atom. The van der Waals surface area contributed by atoms with Gasteiger partial charge in [0.05, 0.1) is 0 Å². The summed E-state index contributed by atoms with van der Waals surface area (Å²) < 4.78 is 236. The first-order valence-electron chi connectivity index (χ1n) is 29.1. The van der Waals surface area contributed by atoms with Gasteiger partial charge in [0.1, 0.15) is 0 Å². The van der Waals surface area contributed by atoms with Crippen LogP contribution in [0.5, 0.6) is 0 Å². The standard InChI is InChI=1S/C48H47N3Se/c1-30-28-38-35-19-10-9-16-33(35)29-39(38)45(31(30)2)37-24-25-44-46(36-20-11-12-23-43(36)52-44)47(37)48(34-17-7-4-8-18-34)40(32-14-5-3-6-15-32)21-13-22-41(48)42-26-27-49-51-50-42/h9-13,16,19-28,32,34,40H,3-8,14-15,17-18,29H2,1-2H3/i3D2,4D2,5D2,6D2,7D2,8D2,13D,14D,15D2,17D,18D2,21D,22D,32D,34D,40D. The van der Waals surface area contributed by atoms with Gasteiger partial charge in [-0.25, -0.2) is 0 Å². The monoisotopic (exact) mass is 769 g/mol. The van der Waals surface area contributed by atoms with E-state index in [2.05, 4.69) is 15.4 Å². The number of nitrogens with zero attached hydrogens (tertiary/aromatic N) is 3. The summed E-state index contributed by atoms with van der Waals surface area (Å²) in [6, 6.07) is 15.4. The average Bonchev–Trinajstić information content (AvgIpc) is 2.52. The third-order valence-electron chi connectivity index (χ3n) is 10.5. The van der Waals surface area contributed by atoms with Gasteiger partial charge in [0, 0.05) is 0 Å². The van der Waals surface area contributed by atoms with Crippen LogP contribution in [0.25, 0.3) is 47.1 Å². The predicted octanol–water partition coefficient (Wildman–Crippen LogP) is 11.8. The first kappa shape index (κ1) is 16.1. The number of rotatable bonds is 5. The molecular weight excluding hydrogens is 698 g/mol. The van der Waals surface area contributed by atoms with Gasteiger partial charge in [-0.1, -0.05) is 0 Å². The molecule has 52 heavy (non-hydrogen) atoms. The van der Waals surface area contributed by atoms with E-state index in [0.29, 0.717) is 30.8 Å². The van der Waals surface area contributed by atoms with Crippen molar-refractivity contribution in [3.05, 3.63) is 131 Å². The van der Waals surface area contributed by atoms with Crippen molar-refractivity contribution in [2.24, 2.45) is 17.7 Å². The zero-order chi connectivity index (χ0) is 56.3. The Kier molecular flexibility index (Phi) is 4.05. The number of aryl methyl sites for hydroxylation is 1. The van der Waals surface area contributed by atoms with Gasteiger partial charge in [-0.2, -0.15) is 0 Å². The molecule has 4 heteroatoms. The van der Waals surface area contributed by atoms with Gasteiger partial charge < -0.3 is 0 Å². The number of aromatic nitrogens is 3. The summed E-state index contributed by atoms with van der Waals surface area (Å²) in [5.74, 6) is -13.6. The maximum atomic E-state index is 11.6. The maximum absolute atomic E-state index is 11.6. The zero-order valence-corrected chi connectivity index (χ0v) is 29.8. The van der Waals surface area contributed by atoms with Crippen LogP contribution >= 0.6 is 0 Å². The van der Waals surface area contributed by atoms with E-state index in [-0.39, 0.29) is 28.3 Å². The number of benzene rings is 4. The van der Waals surface area contributed by atoms with Crippen molar-refractivity contribution in [1.82, 2.24) is 15.4 Å². The van der Waals surface area contributed by atoms with Crippen LogP contribution in [-0.2, 0) is 11.8 Å². The van der Waals surface area contributed by atoms with E-state index in [1.165, 1.54) is 6.07 Å². The molecule has 10 rings (SSSR count). The van der Waals surface area contributed by atoms with Crippen LogP contribution in [0.1, 0.15) is 130 Å². The van der Waals surface area contributed by atoms with Gasteiger partial charge >= 0.3 is 348 Å². The fourth-order valence-electron chi connectivity index (χ4n) is 8.22. The van der Waals surface area contributed by atoms with Crippen molar-refractivity contribution in [3.8, 4) is 22.3 Å². The second-order valence-corrected chi connectivity index (χ2v) is 15.3. The summed E-state index contributed by atoms with van der Waals surface area (Å²) in [5.41, 5.74) is -3.00. The molecule has 0 N–H and O–H groups in total. The fourth-order valence-corrected chi connectivity index (χ4v) is 10.6. The van der Waals surface area contributed by atoms with Crippen LogP contribution in [0.3, 0.4) is 0 Å². The molecule has 4 aromatic carbocycles. The van der Waals surface area contributed by atoms with E-state index in [1.54, 1.807) is 44.2 Å². The third kappa shape index (κ3) is 4.93. The van der Waals surface area contributed by atoms with Gasteiger partial charge in [-0.3, -0.25) is 0 Å². The first-order valence-corrected chi connectivity index (χ1v) is 18.6. The second-order valence-electron chi connectivity index (χ2n) is 13.0. The Hall–Kier alpha value is -4.11. The van der Waals surface area contributed by atoms with E-state index in [0.717, 1.165) is 23.4 Å². The fraction of sp³-hybridized carbons (Fsp3) is 0.354. The number of hydrogen-bond donors (Lipinski definition) is 0. The van der Waals surface area contributed by atoms with E-state index < -0.39 is 136 Å². The Balaban J connectivity index is 1.62. The Labute approximate surface area is 347 Å². The van der Waals surface area contributed by atoms with Crippen molar-refractivity contribution >= 4 is 39.4 Å². The molecule has 0 amide bonds. The topological polar surface area (TPSA) is 38.7 Å². The van der Waals surface area contributed by atoms with Crippen molar-refractivity contribution < 1.29 is 32.9 Å². The average molecular weight is 769 g/mol. The Morgan fingerprint density at radius 1 is 0.846 bits per heavy atom. The molecule has 3 nitrogen and oxygen atoms in total. The van der Waals surface area contributed by atoms with Gasteiger partial charge in [-0.15, -0.1) is 0 Å². The molecule has 0 spiro atoms. The normalized spacial score (nSPS) is 46.3. The molecule has 6 aromatic rings. The van der Waals surface area contributed by atoms with Gasteiger partial charge in [0.15, 0.2) is 0 Å². The second kappa shape index (κ2) is 13.1. The van der Waals surface area contributed by atoms with Gasteiger partial charge in [0.25, 0.3) is 0 Å². The van der Waals surface area contributed by atoms with E-state index >= 15 is 0 Å². The number of fused-ring (bicyclic) bond motifs is 6. The van der Waals surface area contributed by atoms with Crippen LogP contribution in [0.15, 0.2) is 97.1 Å². The SMILES string of the molecule is [2H]C1=C([2H])C([2H])(C2([2H])C([2H])C([2H])([2H])C([2H])([2H])C([2H])([2H])C2([2H])[2H])C(c2c(-c3c(C)c(C)cc4c3Cc3ccccc3-4)ccc3[se]c4ccccc4c23)(C2([2H])C([2H])C([2H])([2H])C([2H])([2H])C([2H])([2H])C2([2H])[2H])C(c2ccnnn2)=C1[2H]. The summed E-state index contributed by atoms with van der Waals surface area (Å²) in [7, 11) is 0. The summed E-state index contributed by atoms with van der Waals surface area (Å²) in [4.78, 5) is 0. The molecule has 0 radical (unpaired) electrons. The number of hydrogen-bond acceptors (Lipinski definition) is 3. The summed E-state index contributed by atoms with van der Waals surface area (Å²) in [5, 5.41) is 11.7. The molecule has 0 bridgehead atoms. The van der Waals surface area contributed by atoms with Crippen molar-refractivity contribution in [2.45, 2.75) is 89.5 Å². The van der Waals surface area contributed by atoms with E-state index in [1.807, 2.05) is 30.3 Å². The quantitative estimate of drug-likeness (QED) is 0.164. The van der Waals surface area contributed by atoms with Crippen molar-refractivity contribution in [2.75, 3.05) is 0 Å². The zero-order valence-electron chi connectivity index (χ0n) is 52.1. The van der Waals surface area contributed by atoms with Crippen LogP contribution in [0, 0.1) is 31.5 Å². The molecule has 0 saturated heterocycles. The van der Waals surface area contributed by atoms with E-state index in [4.69, 9.17) is 5.48 Å².